The molecule has 0 radical (unpaired) electrons. The first kappa shape index (κ1) is 28.4. The van der Waals surface area contributed by atoms with Gasteiger partial charge >= 0.3 is 0 Å². The highest BCUT2D eigenvalue weighted by Crippen LogP contribution is 2.23. The summed E-state index contributed by atoms with van der Waals surface area (Å²) in [7, 11) is -3.75. The smallest absolute Gasteiger partial charge is 0.244 e. The lowest BCUT2D eigenvalue weighted by atomic mass is 10.1. The summed E-state index contributed by atoms with van der Waals surface area (Å²) in [6.07, 6.45) is 1.50. The molecule has 0 heterocycles. The summed E-state index contributed by atoms with van der Waals surface area (Å²) in [6, 6.07) is 12.4. The fourth-order valence-electron chi connectivity index (χ4n) is 4.02. The molecule has 2 aromatic rings. The number of anilines is 1. The van der Waals surface area contributed by atoms with Gasteiger partial charge in [-0.3, -0.25) is 13.9 Å². The minimum Gasteiger partial charge on any atom is -0.354 e. The predicted octanol–water partition coefficient (Wildman–Crippen LogP) is 3.96. The molecule has 192 valence electrons. The third-order valence-electron chi connectivity index (χ3n) is 5.85. The van der Waals surface area contributed by atoms with Crippen molar-refractivity contribution in [3.8, 4) is 0 Å². The van der Waals surface area contributed by atoms with Gasteiger partial charge in [-0.05, 0) is 67.5 Å². The zero-order valence-corrected chi connectivity index (χ0v) is 22.8. The summed E-state index contributed by atoms with van der Waals surface area (Å²) in [5, 5.41) is 2.93. The van der Waals surface area contributed by atoms with E-state index in [0.29, 0.717) is 18.7 Å². The fraction of sp³-hybridized carbons (Fsp3) is 0.481. The lowest BCUT2D eigenvalue weighted by Gasteiger charge is -2.33. The maximum atomic E-state index is 13.7. The number of sulfonamides is 1. The number of amides is 2. The molecule has 0 fully saturated rings. The van der Waals surface area contributed by atoms with Crippen molar-refractivity contribution in [3.05, 3.63) is 64.7 Å². The maximum absolute atomic E-state index is 13.7. The van der Waals surface area contributed by atoms with Gasteiger partial charge in [-0.1, -0.05) is 51.1 Å². The van der Waals surface area contributed by atoms with Gasteiger partial charge in [0.25, 0.3) is 0 Å². The Kier molecular flexibility index (Phi) is 9.89. The van der Waals surface area contributed by atoms with E-state index in [2.05, 4.69) is 5.32 Å². The van der Waals surface area contributed by atoms with Crippen molar-refractivity contribution >= 4 is 27.5 Å². The maximum Gasteiger partial charge on any atom is 0.244 e. The Balaban J connectivity index is 2.47. The number of nitrogens with zero attached hydrogens (tertiary/aromatic N) is 2. The van der Waals surface area contributed by atoms with Gasteiger partial charge in [0.1, 0.15) is 12.6 Å². The van der Waals surface area contributed by atoms with Crippen LogP contribution in [0.3, 0.4) is 0 Å². The summed E-state index contributed by atoms with van der Waals surface area (Å²) in [5.41, 5.74) is 4.14. The number of nitrogens with one attached hydrogen (secondary N) is 1. The summed E-state index contributed by atoms with van der Waals surface area (Å²) in [5.74, 6) is -0.396. The van der Waals surface area contributed by atoms with E-state index in [0.717, 1.165) is 32.8 Å². The minimum absolute atomic E-state index is 0.212. The van der Waals surface area contributed by atoms with Crippen molar-refractivity contribution in [2.45, 2.75) is 60.5 Å². The summed E-state index contributed by atoms with van der Waals surface area (Å²) in [4.78, 5) is 28.4. The standard InChI is InChI=1S/C27H39N3O4S/c1-8-25(27(32)28-16-19(2)3)29(17-23-12-10-9-11-22(23)6)26(31)18-30(35(7,33)34)24-14-20(4)13-21(5)15-24/h9-15,19,25H,8,16-18H2,1-7H3,(H,28,32)/t25-/m0/s1. The van der Waals surface area contributed by atoms with E-state index in [4.69, 9.17) is 0 Å². The summed E-state index contributed by atoms with van der Waals surface area (Å²) < 4.78 is 26.6. The quantitative estimate of drug-likeness (QED) is 0.505. The van der Waals surface area contributed by atoms with E-state index in [9.17, 15) is 18.0 Å². The average molecular weight is 502 g/mol. The highest BCUT2D eigenvalue weighted by Gasteiger charge is 2.32. The van der Waals surface area contributed by atoms with Crippen LogP contribution in [0.4, 0.5) is 5.69 Å². The van der Waals surface area contributed by atoms with Crippen molar-refractivity contribution in [2.24, 2.45) is 5.92 Å². The van der Waals surface area contributed by atoms with Crippen LogP contribution in [-0.2, 0) is 26.2 Å². The lowest BCUT2D eigenvalue weighted by Crippen LogP contribution is -2.52. The number of hydrogen-bond acceptors (Lipinski definition) is 4. The zero-order valence-electron chi connectivity index (χ0n) is 22.0. The second-order valence-electron chi connectivity index (χ2n) is 9.63. The van der Waals surface area contributed by atoms with E-state index >= 15 is 0 Å². The Bertz CT molecular complexity index is 1120. The molecule has 0 aliphatic rings. The van der Waals surface area contributed by atoms with Crippen molar-refractivity contribution in [1.29, 1.82) is 0 Å². The molecular weight excluding hydrogens is 462 g/mol. The molecule has 0 aromatic heterocycles. The highest BCUT2D eigenvalue weighted by molar-refractivity contribution is 7.92. The molecule has 1 N–H and O–H groups in total. The molecule has 0 spiro atoms. The molecule has 0 saturated carbocycles. The summed E-state index contributed by atoms with van der Waals surface area (Å²) >= 11 is 0. The van der Waals surface area contributed by atoms with Crippen LogP contribution in [0.2, 0.25) is 0 Å². The van der Waals surface area contributed by atoms with E-state index in [1.54, 1.807) is 12.1 Å². The predicted molar refractivity (Wildman–Crippen MR) is 142 cm³/mol. The van der Waals surface area contributed by atoms with Crippen LogP contribution in [-0.4, -0.2) is 50.5 Å². The van der Waals surface area contributed by atoms with Crippen LogP contribution in [0.5, 0.6) is 0 Å². The van der Waals surface area contributed by atoms with Crippen LogP contribution < -0.4 is 9.62 Å². The van der Waals surface area contributed by atoms with Crippen molar-refractivity contribution in [2.75, 3.05) is 23.7 Å². The van der Waals surface area contributed by atoms with Gasteiger partial charge in [-0.15, -0.1) is 0 Å². The first-order valence-electron chi connectivity index (χ1n) is 12.0. The Hall–Kier alpha value is -2.87. The SMILES string of the molecule is CC[C@@H](C(=O)NCC(C)C)N(Cc1ccccc1C)C(=O)CN(c1cc(C)cc(C)c1)S(C)(=O)=O. The Morgan fingerprint density at radius 3 is 2.11 bits per heavy atom. The first-order valence-corrected chi connectivity index (χ1v) is 13.9. The van der Waals surface area contributed by atoms with Crippen molar-refractivity contribution in [3.63, 3.8) is 0 Å². The molecule has 0 saturated heterocycles. The largest absolute Gasteiger partial charge is 0.354 e. The Labute approximate surface area is 210 Å². The number of benzene rings is 2. The third-order valence-corrected chi connectivity index (χ3v) is 6.99. The van der Waals surface area contributed by atoms with Gasteiger partial charge in [0.2, 0.25) is 21.8 Å². The van der Waals surface area contributed by atoms with Crippen LogP contribution in [0.15, 0.2) is 42.5 Å². The third kappa shape index (κ3) is 8.09. The average Bonchev–Trinajstić information content (AvgIpc) is 2.75. The number of hydrogen-bond donors (Lipinski definition) is 1. The van der Waals surface area contributed by atoms with E-state index < -0.39 is 22.0 Å². The van der Waals surface area contributed by atoms with Gasteiger partial charge in [-0.25, -0.2) is 8.42 Å². The highest BCUT2D eigenvalue weighted by atomic mass is 32.2. The zero-order chi connectivity index (χ0) is 26.3. The van der Waals surface area contributed by atoms with E-state index in [1.807, 2.05) is 71.9 Å². The fourth-order valence-corrected chi connectivity index (χ4v) is 4.85. The van der Waals surface area contributed by atoms with Gasteiger partial charge in [0.15, 0.2) is 0 Å². The van der Waals surface area contributed by atoms with Gasteiger partial charge < -0.3 is 10.2 Å². The molecule has 0 bridgehead atoms. The molecule has 2 rings (SSSR count). The molecule has 2 amide bonds. The van der Waals surface area contributed by atoms with Crippen LogP contribution in [0, 0.1) is 26.7 Å². The normalized spacial score (nSPS) is 12.3. The molecule has 35 heavy (non-hydrogen) atoms. The molecule has 0 aliphatic carbocycles. The Morgan fingerprint density at radius 2 is 1.60 bits per heavy atom. The van der Waals surface area contributed by atoms with E-state index in [1.165, 1.54) is 4.90 Å². The van der Waals surface area contributed by atoms with Crippen LogP contribution in [0.25, 0.3) is 0 Å². The molecule has 8 heteroatoms. The van der Waals surface area contributed by atoms with E-state index in [-0.39, 0.29) is 24.9 Å². The van der Waals surface area contributed by atoms with Crippen molar-refractivity contribution < 1.29 is 18.0 Å². The van der Waals surface area contributed by atoms with Gasteiger partial charge in [0, 0.05) is 13.1 Å². The number of aryl methyl sites for hydroxylation is 3. The Morgan fingerprint density at radius 1 is 1.00 bits per heavy atom. The van der Waals surface area contributed by atoms with Gasteiger partial charge in [0.05, 0.1) is 11.9 Å². The molecule has 0 unspecified atom stereocenters. The first-order chi connectivity index (χ1) is 16.3. The monoisotopic (exact) mass is 501 g/mol. The number of rotatable bonds is 11. The molecular formula is C27H39N3O4S. The summed E-state index contributed by atoms with van der Waals surface area (Å²) in [6.45, 7) is 11.9. The minimum atomic E-state index is -3.75. The molecule has 2 aromatic carbocycles. The molecule has 1 atom stereocenters. The topological polar surface area (TPSA) is 86.8 Å². The van der Waals surface area contributed by atoms with Crippen molar-refractivity contribution in [1.82, 2.24) is 10.2 Å². The number of carbonyl (C=O) groups excluding carboxylic acids is 2. The van der Waals surface area contributed by atoms with Gasteiger partial charge in [-0.2, -0.15) is 0 Å². The second kappa shape index (κ2) is 12.2. The molecule has 7 nitrogen and oxygen atoms in total. The lowest BCUT2D eigenvalue weighted by molar-refractivity contribution is -0.140. The van der Waals surface area contributed by atoms with Crippen LogP contribution in [0.1, 0.15) is 49.4 Å². The number of carbonyl (C=O) groups is 2. The van der Waals surface area contributed by atoms with Crippen LogP contribution >= 0.6 is 0 Å². The second-order valence-corrected chi connectivity index (χ2v) is 11.5. The molecule has 0 aliphatic heterocycles.